The van der Waals surface area contributed by atoms with Gasteiger partial charge in [0.1, 0.15) is 0 Å². The normalized spacial score (nSPS) is 20.3. The maximum Gasteiger partial charge on any atom is 0.161 e. The van der Waals surface area contributed by atoms with E-state index in [-0.39, 0.29) is 5.54 Å². The molecule has 1 aliphatic heterocycles. The predicted octanol–water partition coefficient (Wildman–Crippen LogP) is 4.04. The van der Waals surface area contributed by atoms with Gasteiger partial charge in [0, 0.05) is 5.75 Å². The molecule has 1 fully saturated rings. The van der Waals surface area contributed by atoms with Crippen molar-refractivity contribution in [3.05, 3.63) is 28.8 Å². The molecule has 1 spiro atoms. The van der Waals surface area contributed by atoms with E-state index in [1.807, 2.05) is 6.07 Å². The van der Waals surface area contributed by atoms with Crippen LogP contribution in [-0.2, 0) is 0 Å². The van der Waals surface area contributed by atoms with Gasteiger partial charge in [-0.3, -0.25) is 4.99 Å². The van der Waals surface area contributed by atoms with Crippen molar-refractivity contribution < 1.29 is 0 Å². The molecule has 1 aromatic rings. The number of anilines is 1. The standard InChI is InChI=1S/C14H14ClN3S/c15-11-7-10(8-16)3-4-12(11)17-13-18-14(9-19-13)5-1-2-6-14/h3-4,7H,1-2,5-6,9H2,(H,17,18). The fourth-order valence-corrected chi connectivity index (χ4v) is 4.06. The van der Waals surface area contributed by atoms with E-state index in [2.05, 4.69) is 11.4 Å². The Labute approximate surface area is 122 Å². The minimum absolute atomic E-state index is 0.173. The third-order valence-corrected chi connectivity index (χ3v) is 5.15. The number of nitrogens with one attached hydrogen (secondary N) is 1. The molecule has 0 amide bonds. The van der Waals surface area contributed by atoms with Crippen molar-refractivity contribution in [3.8, 4) is 6.07 Å². The van der Waals surface area contributed by atoms with E-state index in [1.54, 1.807) is 23.9 Å². The van der Waals surface area contributed by atoms with Crippen molar-refractivity contribution in [3.63, 3.8) is 0 Å². The average Bonchev–Trinajstić information content (AvgIpc) is 3.03. The highest BCUT2D eigenvalue weighted by Gasteiger charge is 2.38. The molecule has 19 heavy (non-hydrogen) atoms. The quantitative estimate of drug-likeness (QED) is 0.849. The number of amidine groups is 1. The Morgan fingerprint density at radius 1 is 1.37 bits per heavy atom. The summed E-state index contributed by atoms with van der Waals surface area (Å²) in [6, 6.07) is 7.36. The highest BCUT2D eigenvalue weighted by molar-refractivity contribution is 8.14. The smallest absolute Gasteiger partial charge is 0.161 e. The van der Waals surface area contributed by atoms with E-state index in [9.17, 15) is 0 Å². The molecule has 1 saturated carbocycles. The van der Waals surface area contributed by atoms with Crippen LogP contribution < -0.4 is 5.32 Å². The first-order chi connectivity index (χ1) is 9.21. The first-order valence-electron chi connectivity index (χ1n) is 6.40. The molecule has 0 aromatic heterocycles. The van der Waals surface area contributed by atoms with Crippen LogP contribution in [0.5, 0.6) is 0 Å². The Morgan fingerprint density at radius 3 is 2.84 bits per heavy atom. The molecule has 0 radical (unpaired) electrons. The van der Waals surface area contributed by atoms with Gasteiger partial charge in [-0.2, -0.15) is 5.26 Å². The zero-order valence-electron chi connectivity index (χ0n) is 10.4. The van der Waals surface area contributed by atoms with E-state index in [0.29, 0.717) is 10.6 Å². The first-order valence-corrected chi connectivity index (χ1v) is 7.76. The van der Waals surface area contributed by atoms with Crippen LogP contribution in [0.4, 0.5) is 5.69 Å². The third kappa shape index (κ3) is 2.58. The van der Waals surface area contributed by atoms with Gasteiger partial charge < -0.3 is 5.32 Å². The van der Waals surface area contributed by atoms with Crippen molar-refractivity contribution in [2.75, 3.05) is 11.1 Å². The number of hydrogen-bond donors (Lipinski definition) is 1. The lowest BCUT2D eigenvalue weighted by molar-refractivity contribution is 0.508. The van der Waals surface area contributed by atoms with Gasteiger partial charge in [0.05, 0.1) is 27.9 Å². The number of hydrogen-bond acceptors (Lipinski definition) is 4. The molecular formula is C14H14ClN3S. The minimum Gasteiger partial charge on any atom is -0.334 e. The van der Waals surface area contributed by atoms with Crippen LogP contribution in [0.25, 0.3) is 0 Å². The average molecular weight is 292 g/mol. The van der Waals surface area contributed by atoms with E-state index in [0.717, 1.165) is 16.6 Å². The van der Waals surface area contributed by atoms with Crippen LogP contribution in [0.2, 0.25) is 5.02 Å². The molecule has 1 N–H and O–H groups in total. The van der Waals surface area contributed by atoms with Crippen LogP contribution in [0.15, 0.2) is 23.2 Å². The molecule has 3 nitrogen and oxygen atoms in total. The Balaban J connectivity index is 1.77. The molecule has 0 atom stereocenters. The minimum atomic E-state index is 0.173. The van der Waals surface area contributed by atoms with Crippen LogP contribution in [0, 0.1) is 11.3 Å². The summed E-state index contributed by atoms with van der Waals surface area (Å²) in [7, 11) is 0. The largest absolute Gasteiger partial charge is 0.334 e. The summed E-state index contributed by atoms with van der Waals surface area (Å²) >= 11 is 7.93. The van der Waals surface area contributed by atoms with Crippen LogP contribution in [0.1, 0.15) is 31.2 Å². The molecule has 1 aliphatic carbocycles. The van der Waals surface area contributed by atoms with Gasteiger partial charge in [-0.15, -0.1) is 0 Å². The third-order valence-electron chi connectivity index (χ3n) is 3.69. The number of nitriles is 1. The molecule has 2 aliphatic rings. The summed E-state index contributed by atoms with van der Waals surface area (Å²) in [5.74, 6) is 1.07. The number of nitrogens with zero attached hydrogens (tertiary/aromatic N) is 2. The highest BCUT2D eigenvalue weighted by Crippen LogP contribution is 2.41. The van der Waals surface area contributed by atoms with E-state index < -0.39 is 0 Å². The molecule has 3 rings (SSSR count). The Hall–Kier alpha value is -1.18. The van der Waals surface area contributed by atoms with E-state index >= 15 is 0 Å². The van der Waals surface area contributed by atoms with Gasteiger partial charge in [0.15, 0.2) is 5.17 Å². The summed E-state index contributed by atoms with van der Waals surface area (Å²) in [6.07, 6.45) is 4.97. The van der Waals surface area contributed by atoms with Crippen LogP contribution >= 0.6 is 23.4 Å². The SMILES string of the molecule is N#Cc1ccc(NC2=NC3(CCCC3)CS2)c(Cl)c1. The monoisotopic (exact) mass is 291 g/mol. The van der Waals surface area contributed by atoms with Gasteiger partial charge >= 0.3 is 0 Å². The summed E-state index contributed by atoms with van der Waals surface area (Å²) in [5, 5.41) is 13.6. The summed E-state index contributed by atoms with van der Waals surface area (Å²) in [5.41, 5.74) is 1.57. The number of thioether (sulfide) groups is 1. The van der Waals surface area contributed by atoms with E-state index in [4.69, 9.17) is 21.9 Å². The van der Waals surface area contributed by atoms with Crippen LogP contribution in [-0.4, -0.2) is 16.5 Å². The predicted molar refractivity (Wildman–Crippen MR) is 80.9 cm³/mol. The second-order valence-electron chi connectivity index (χ2n) is 5.07. The Bertz CT molecular complexity index is 571. The molecule has 1 heterocycles. The molecule has 98 valence electrons. The lowest BCUT2D eigenvalue weighted by atomic mass is 10.0. The lowest BCUT2D eigenvalue weighted by Gasteiger charge is -2.16. The molecule has 1 aromatic carbocycles. The van der Waals surface area contributed by atoms with Crippen molar-refractivity contribution in [2.24, 2.45) is 4.99 Å². The van der Waals surface area contributed by atoms with Crippen LogP contribution in [0.3, 0.4) is 0 Å². The fraction of sp³-hybridized carbons (Fsp3) is 0.429. The molecule has 0 saturated heterocycles. The van der Waals surface area contributed by atoms with Gasteiger partial charge in [0.25, 0.3) is 0 Å². The Morgan fingerprint density at radius 2 is 2.16 bits per heavy atom. The summed E-state index contributed by atoms with van der Waals surface area (Å²) in [4.78, 5) is 4.84. The second-order valence-corrected chi connectivity index (χ2v) is 6.44. The zero-order chi connectivity index (χ0) is 13.3. The highest BCUT2D eigenvalue weighted by atomic mass is 35.5. The lowest BCUT2D eigenvalue weighted by Crippen LogP contribution is -2.21. The topological polar surface area (TPSA) is 48.2 Å². The van der Waals surface area contributed by atoms with Gasteiger partial charge in [0.2, 0.25) is 0 Å². The van der Waals surface area contributed by atoms with E-state index in [1.165, 1.54) is 25.7 Å². The summed E-state index contributed by atoms with van der Waals surface area (Å²) in [6.45, 7) is 0. The maximum absolute atomic E-state index is 8.82. The Kier molecular flexibility index (Phi) is 3.42. The molecular weight excluding hydrogens is 278 g/mol. The fourth-order valence-electron chi connectivity index (χ4n) is 2.64. The second kappa shape index (κ2) is 5.07. The number of rotatable bonds is 1. The zero-order valence-corrected chi connectivity index (χ0v) is 12.0. The van der Waals surface area contributed by atoms with Gasteiger partial charge in [-0.05, 0) is 31.0 Å². The summed E-state index contributed by atoms with van der Waals surface area (Å²) < 4.78 is 0. The maximum atomic E-state index is 8.82. The van der Waals surface area contributed by atoms with Crippen molar-refractivity contribution in [1.82, 2.24) is 0 Å². The molecule has 0 bridgehead atoms. The number of halogens is 1. The molecule has 5 heteroatoms. The van der Waals surface area contributed by atoms with Crippen molar-refractivity contribution in [1.29, 1.82) is 5.26 Å². The first kappa shape index (κ1) is 12.8. The molecule has 0 unspecified atom stereocenters. The number of benzene rings is 1. The van der Waals surface area contributed by atoms with Gasteiger partial charge in [-0.1, -0.05) is 36.2 Å². The number of aliphatic imine (C=N–C) groups is 1. The van der Waals surface area contributed by atoms with Gasteiger partial charge in [-0.25, -0.2) is 0 Å². The van der Waals surface area contributed by atoms with Crippen molar-refractivity contribution in [2.45, 2.75) is 31.2 Å². The van der Waals surface area contributed by atoms with Crippen molar-refractivity contribution >= 4 is 34.2 Å².